The van der Waals surface area contributed by atoms with Crippen LogP contribution in [0.2, 0.25) is 0 Å². The molecule has 1 aliphatic rings. The summed E-state index contributed by atoms with van der Waals surface area (Å²) in [5.74, 6) is 0.0597. The van der Waals surface area contributed by atoms with E-state index in [9.17, 15) is 26.4 Å². The Bertz CT molecular complexity index is 1330. The van der Waals surface area contributed by atoms with Crippen LogP contribution < -0.4 is 10.1 Å². The number of benzene rings is 2. The molecule has 3 aromatic rings. The van der Waals surface area contributed by atoms with Gasteiger partial charge in [-0.25, -0.2) is 18.4 Å². The Morgan fingerprint density at radius 1 is 1.11 bits per heavy atom. The number of sulfonamides is 1. The standard InChI is InChI=1S/C24H23F3N4O4S/c1-35-19-8-10-20(11-9-19)36(33,34)31-12-2-3-22(31)23(32)28-14-18-13-21(30-15-29-18)16-4-6-17(7-5-16)24(25,26)27/h4-11,13,15,22H,2-3,12,14H2,1H3,(H,28,32). The smallest absolute Gasteiger partial charge is 0.416 e. The first-order chi connectivity index (χ1) is 17.1. The number of alkyl halides is 3. The molecule has 1 aliphatic heterocycles. The summed E-state index contributed by atoms with van der Waals surface area (Å²) in [6.07, 6.45) is -2.26. The van der Waals surface area contributed by atoms with Gasteiger partial charge in [-0.15, -0.1) is 0 Å². The summed E-state index contributed by atoms with van der Waals surface area (Å²) in [6, 6.07) is 11.2. The molecule has 1 aromatic heterocycles. The molecule has 1 N–H and O–H groups in total. The van der Waals surface area contributed by atoms with Crippen molar-refractivity contribution in [1.29, 1.82) is 0 Å². The molecule has 0 aliphatic carbocycles. The van der Waals surface area contributed by atoms with Gasteiger partial charge in [0.15, 0.2) is 0 Å². The number of hydrogen-bond donors (Lipinski definition) is 1. The van der Waals surface area contributed by atoms with Crippen LogP contribution in [0.3, 0.4) is 0 Å². The first kappa shape index (κ1) is 25.6. The van der Waals surface area contributed by atoms with Gasteiger partial charge in [-0.05, 0) is 55.3 Å². The zero-order valence-electron chi connectivity index (χ0n) is 19.2. The van der Waals surface area contributed by atoms with E-state index in [0.29, 0.717) is 35.5 Å². The van der Waals surface area contributed by atoms with Gasteiger partial charge >= 0.3 is 6.18 Å². The molecule has 0 radical (unpaired) electrons. The largest absolute Gasteiger partial charge is 0.497 e. The van der Waals surface area contributed by atoms with Crippen LogP contribution in [0.5, 0.6) is 5.75 Å². The first-order valence-electron chi connectivity index (χ1n) is 11.0. The van der Waals surface area contributed by atoms with Crippen LogP contribution >= 0.6 is 0 Å². The SMILES string of the molecule is COc1ccc(S(=O)(=O)N2CCCC2C(=O)NCc2cc(-c3ccc(C(F)(F)F)cc3)ncn2)cc1. The number of rotatable bonds is 7. The molecule has 36 heavy (non-hydrogen) atoms. The van der Waals surface area contributed by atoms with Crippen molar-refractivity contribution in [3.05, 3.63) is 72.2 Å². The van der Waals surface area contributed by atoms with Crippen LogP contribution in [0.15, 0.2) is 65.8 Å². The van der Waals surface area contributed by atoms with E-state index < -0.39 is 33.7 Å². The highest BCUT2D eigenvalue weighted by molar-refractivity contribution is 7.89. The molecule has 0 saturated carbocycles. The van der Waals surface area contributed by atoms with E-state index in [1.807, 2.05) is 0 Å². The van der Waals surface area contributed by atoms with Crippen LogP contribution in [-0.4, -0.2) is 48.3 Å². The lowest BCUT2D eigenvalue weighted by Gasteiger charge is -2.23. The molecular formula is C24H23F3N4O4S. The minimum Gasteiger partial charge on any atom is -0.497 e. The van der Waals surface area contributed by atoms with Gasteiger partial charge in [0.1, 0.15) is 18.1 Å². The minimum atomic E-state index is -4.44. The van der Waals surface area contributed by atoms with Crippen molar-refractivity contribution in [3.63, 3.8) is 0 Å². The van der Waals surface area contributed by atoms with E-state index in [2.05, 4.69) is 15.3 Å². The van der Waals surface area contributed by atoms with Crippen LogP contribution in [0.4, 0.5) is 13.2 Å². The predicted octanol–water partition coefficient (Wildman–Crippen LogP) is 3.64. The van der Waals surface area contributed by atoms with Gasteiger partial charge < -0.3 is 10.1 Å². The number of halogens is 3. The zero-order chi connectivity index (χ0) is 25.9. The Morgan fingerprint density at radius 2 is 1.81 bits per heavy atom. The molecule has 4 rings (SSSR count). The number of hydrogen-bond acceptors (Lipinski definition) is 6. The van der Waals surface area contributed by atoms with Gasteiger partial charge in [0, 0.05) is 12.1 Å². The third-order valence-corrected chi connectivity index (χ3v) is 7.77. The van der Waals surface area contributed by atoms with Crippen molar-refractivity contribution in [2.45, 2.75) is 36.5 Å². The van der Waals surface area contributed by atoms with E-state index in [1.165, 1.54) is 42.0 Å². The number of amides is 1. The molecule has 0 spiro atoms. The summed E-state index contributed by atoms with van der Waals surface area (Å²) >= 11 is 0. The lowest BCUT2D eigenvalue weighted by molar-refractivity contribution is -0.137. The number of nitrogens with zero attached hydrogens (tertiary/aromatic N) is 3. The highest BCUT2D eigenvalue weighted by Gasteiger charge is 2.39. The molecule has 1 amide bonds. The molecule has 1 unspecified atom stereocenters. The predicted molar refractivity (Wildman–Crippen MR) is 124 cm³/mol. The van der Waals surface area contributed by atoms with Crippen LogP contribution in [0.1, 0.15) is 24.1 Å². The van der Waals surface area contributed by atoms with Crippen molar-refractivity contribution in [2.75, 3.05) is 13.7 Å². The van der Waals surface area contributed by atoms with Gasteiger partial charge in [0.25, 0.3) is 0 Å². The molecule has 2 heterocycles. The third-order valence-electron chi connectivity index (χ3n) is 5.85. The number of carbonyl (C=O) groups is 1. The fraction of sp³-hybridized carbons (Fsp3) is 0.292. The van der Waals surface area contributed by atoms with Crippen LogP contribution in [0, 0.1) is 0 Å². The van der Waals surface area contributed by atoms with Crippen molar-refractivity contribution < 1.29 is 31.1 Å². The van der Waals surface area contributed by atoms with Crippen molar-refractivity contribution in [3.8, 4) is 17.0 Å². The second-order valence-corrected chi connectivity index (χ2v) is 10.0. The summed E-state index contributed by atoms with van der Waals surface area (Å²) in [7, 11) is -2.41. The summed E-state index contributed by atoms with van der Waals surface area (Å²) < 4.78 is 70.9. The summed E-state index contributed by atoms with van der Waals surface area (Å²) in [4.78, 5) is 21.2. The van der Waals surface area contributed by atoms with Crippen molar-refractivity contribution in [1.82, 2.24) is 19.6 Å². The number of aromatic nitrogens is 2. The van der Waals surface area contributed by atoms with E-state index in [0.717, 1.165) is 12.1 Å². The summed E-state index contributed by atoms with van der Waals surface area (Å²) in [6.45, 7) is 0.222. The number of methoxy groups -OCH3 is 1. The maximum Gasteiger partial charge on any atom is 0.416 e. The average molecular weight is 521 g/mol. The van der Waals surface area contributed by atoms with Crippen molar-refractivity contribution in [2.24, 2.45) is 0 Å². The van der Waals surface area contributed by atoms with Gasteiger partial charge in [0.05, 0.1) is 35.5 Å². The van der Waals surface area contributed by atoms with E-state index in [4.69, 9.17) is 4.74 Å². The molecule has 2 aromatic carbocycles. The van der Waals surface area contributed by atoms with E-state index >= 15 is 0 Å². The maximum absolute atomic E-state index is 13.1. The average Bonchev–Trinajstić information content (AvgIpc) is 3.38. The molecule has 0 bridgehead atoms. The third kappa shape index (κ3) is 5.49. The molecule has 1 atom stereocenters. The number of nitrogens with one attached hydrogen (secondary N) is 1. The Labute approximate surface area is 206 Å². The highest BCUT2D eigenvalue weighted by Crippen LogP contribution is 2.31. The fourth-order valence-electron chi connectivity index (χ4n) is 3.95. The quantitative estimate of drug-likeness (QED) is 0.511. The fourth-order valence-corrected chi connectivity index (χ4v) is 5.61. The highest BCUT2D eigenvalue weighted by atomic mass is 32.2. The molecule has 1 fully saturated rings. The van der Waals surface area contributed by atoms with Crippen molar-refractivity contribution >= 4 is 15.9 Å². The second kappa shape index (κ2) is 10.2. The van der Waals surface area contributed by atoms with Crippen LogP contribution in [0.25, 0.3) is 11.3 Å². The molecule has 190 valence electrons. The molecule has 12 heteroatoms. The molecule has 1 saturated heterocycles. The van der Waals surface area contributed by atoms with E-state index in [-0.39, 0.29) is 18.0 Å². The summed E-state index contributed by atoms with van der Waals surface area (Å²) in [5, 5.41) is 2.72. The minimum absolute atomic E-state index is 0.00190. The van der Waals surface area contributed by atoms with E-state index in [1.54, 1.807) is 18.2 Å². The monoisotopic (exact) mass is 520 g/mol. The Balaban J connectivity index is 1.44. The Morgan fingerprint density at radius 3 is 2.44 bits per heavy atom. The Kier molecular flexibility index (Phi) is 7.27. The first-order valence-corrected chi connectivity index (χ1v) is 12.5. The second-order valence-electron chi connectivity index (χ2n) is 8.14. The number of ether oxygens (including phenoxy) is 1. The van der Waals surface area contributed by atoms with Gasteiger partial charge in [-0.1, -0.05) is 12.1 Å². The number of carbonyl (C=O) groups excluding carboxylic acids is 1. The summed E-state index contributed by atoms with van der Waals surface area (Å²) in [5.41, 5.74) is 0.521. The lowest BCUT2D eigenvalue weighted by atomic mass is 10.1. The zero-order valence-corrected chi connectivity index (χ0v) is 20.0. The topological polar surface area (TPSA) is 101 Å². The Hall–Kier alpha value is -3.51. The van der Waals surface area contributed by atoms with Gasteiger partial charge in [-0.2, -0.15) is 17.5 Å². The lowest BCUT2D eigenvalue weighted by Crippen LogP contribution is -2.45. The normalized spacial score (nSPS) is 16.6. The maximum atomic E-state index is 13.1. The van der Waals surface area contributed by atoms with Gasteiger partial charge in [0.2, 0.25) is 15.9 Å². The van der Waals surface area contributed by atoms with Crippen LogP contribution in [-0.2, 0) is 27.5 Å². The molecule has 8 nitrogen and oxygen atoms in total. The van der Waals surface area contributed by atoms with Gasteiger partial charge in [-0.3, -0.25) is 4.79 Å². The molecular weight excluding hydrogens is 497 g/mol.